The van der Waals surface area contributed by atoms with Crippen LogP contribution in [0.25, 0.3) is 12.2 Å². The van der Waals surface area contributed by atoms with Gasteiger partial charge in [0, 0.05) is 11.8 Å². The van der Waals surface area contributed by atoms with Gasteiger partial charge >= 0.3 is 0 Å². The lowest BCUT2D eigenvalue weighted by atomic mass is 9.90. The molecule has 2 atom stereocenters. The number of ether oxygens (including phenoxy) is 1. The highest BCUT2D eigenvalue weighted by Gasteiger charge is 2.25. The number of fused-ring (bicyclic) bond motifs is 2. The predicted octanol–water partition coefficient (Wildman–Crippen LogP) is 0.524. The summed E-state index contributed by atoms with van der Waals surface area (Å²) in [4.78, 5) is 0. The summed E-state index contributed by atoms with van der Waals surface area (Å²) in [5.74, 6) is 1.24. The molecule has 0 radical (unpaired) electrons. The molecule has 1 fully saturated rings. The summed E-state index contributed by atoms with van der Waals surface area (Å²) in [6.45, 7) is 1.80. The largest absolute Gasteiger partial charge is 0.380 e. The molecular formula is C12H12O. The Balaban J connectivity index is 2.24. The second kappa shape index (κ2) is 2.71. The first-order valence-electron chi connectivity index (χ1n) is 4.80. The lowest BCUT2D eigenvalue weighted by molar-refractivity contribution is 0.189. The van der Waals surface area contributed by atoms with Gasteiger partial charge in [0.15, 0.2) is 0 Å². The zero-order valence-corrected chi connectivity index (χ0v) is 7.44. The fourth-order valence-corrected chi connectivity index (χ4v) is 2.21. The molecule has 1 aliphatic heterocycles. The van der Waals surface area contributed by atoms with Crippen molar-refractivity contribution in [2.24, 2.45) is 11.8 Å². The molecule has 0 N–H and O–H groups in total. The molecule has 2 unspecified atom stereocenters. The van der Waals surface area contributed by atoms with Crippen LogP contribution in [0.4, 0.5) is 0 Å². The van der Waals surface area contributed by atoms with Crippen LogP contribution in [0.15, 0.2) is 24.3 Å². The van der Waals surface area contributed by atoms with Gasteiger partial charge in [0.2, 0.25) is 0 Å². The van der Waals surface area contributed by atoms with Crippen LogP contribution in [-0.2, 0) is 4.74 Å². The fourth-order valence-electron chi connectivity index (χ4n) is 2.21. The first-order chi connectivity index (χ1) is 6.43. The van der Waals surface area contributed by atoms with E-state index < -0.39 is 0 Å². The minimum absolute atomic E-state index is 0.620. The minimum Gasteiger partial charge on any atom is -0.380 e. The summed E-state index contributed by atoms with van der Waals surface area (Å²) in [7, 11) is 0. The van der Waals surface area contributed by atoms with Crippen LogP contribution in [-0.4, -0.2) is 13.2 Å². The highest BCUT2D eigenvalue weighted by Crippen LogP contribution is 2.24. The Kier molecular flexibility index (Phi) is 1.53. The summed E-state index contributed by atoms with van der Waals surface area (Å²) in [6.07, 6.45) is 4.71. The quantitative estimate of drug-likeness (QED) is 0.554. The zero-order valence-electron chi connectivity index (χ0n) is 7.44. The molecule has 13 heavy (non-hydrogen) atoms. The smallest absolute Gasteiger partial charge is 0.0535 e. The summed E-state index contributed by atoms with van der Waals surface area (Å²) in [5, 5.41) is 2.74. The zero-order chi connectivity index (χ0) is 8.67. The van der Waals surface area contributed by atoms with Crippen molar-refractivity contribution in [2.75, 3.05) is 13.2 Å². The molecule has 1 saturated heterocycles. The maximum absolute atomic E-state index is 5.46. The molecule has 0 bridgehead atoms. The first kappa shape index (κ1) is 7.34. The van der Waals surface area contributed by atoms with E-state index >= 15 is 0 Å². The lowest BCUT2D eigenvalue weighted by Gasteiger charge is -2.13. The Morgan fingerprint density at radius 2 is 1.46 bits per heavy atom. The van der Waals surface area contributed by atoms with Crippen LogP contribution in [0, 0.1) is 11.8 Å². The molecule has 2 aliphatic rings. The summed E-state index contributed by atoms with van der Waals surface area (Å²) < 4.78 is 5.46. The fraction of sp³-hybridized carbons (Fsp3) is 0.333. The molecule has 0 aromatic heterocycles. The van der Waals surface area contributed by atoms with Gasteiger partial charge in [-0.3, -0.25) is 0 Å². The van der Waals surface area contributed by atoms with Crippen LogP contribution < -0.4 is 10.4 Å². The molecule has 1 heterocycles. The van der Waals surface area contributed by atoms with Crippen LogP contribution >= 0.6 is 0 Å². The topological polar surface area (TPSA) is 9.23 Å². The molecule has 0 amide bonds. The van der Waals surface area contributed by atoms with Gasteiger partial charge in [0.1, 0.15) is 0 Å². The van der Waals surface area contributed by atoms with E-state index in [9.17, 15) is 0 Å². The van der Waals surface area contributed by atoms with E-state index in [0.717, 1.165) is 13.2 Å². The molecule has 3 rings (SSSR count). The van der Waals surface area contributed by atoms with E-state index in [1.54, 1.807) is 0 Å². The lowest BCUT2D eigenvalue weighted by Crippen LogP contribution is -2.31. The van der Waals surface area contributed by atoms with Gasteiger partial charge in [-0.2, -0.15) is 0 Å². The average Bonchev–Trinajstić information content (AvgIpc) is 2.61. The van der Waals surface area contributed by atoms with Crippen molar-refractivity contribution in [1.82, 2.24) is 0 Å². The van der Waals surface area contributed by atoms with Gasteiger partial charge in [-0.25, -0.2) is 0 Å². The summed E-state index contributed by atoms with van der Waals surface area (Å²) in [6, 6.07) is 8.55. The molecule has 1 aliphatic carbocycles. The average molecular weight is 172 g/mol. The van der Waals surface area contributed by atoms with Crippen molar-refractivity contribution < 1.29 is 4.74 Å². The van der Waals surface area contributed by atoms with E-state index in [0.29, 0.717) is 11.8 Å². The molecule has 66 valence electrons. The number of rotatable bonds is 0. The molecular weight excluding hydrogens is 160 g/mol. The maximum atomic E-state index is 5.46. The Labute approximate surface area is 77.3 Å². The molecule has 1 aromatic rings. The molecule has 1 nitrogen and oxygen atoms in total. The minimum atomic E-state index is 0.620. The monoisotopic (exact) mass is 172 g/mol. The van der Waals surface area contributed by atoms with E-state index in [-0.39, 0.29) is 0 Å². The number of benzene rings is 1. The highest BCUT2D eigenvalue weighted by molar-refractivity contribution is 5.44. The Bertz CT molecular complexity index is 392. The van der Waals surface area contributed by atoms with Gasteiger partial charge < -0.3 is 4.74 Å². The molecule has 1 heteroatoms. The Morgan fingerprint density at radius 3 is 2.00 bits per heavy atom. The van der Waals surface area contributed by atoms with Crippen molar-refractivity contribution in [3.8, 4) is 0 Å². The molecule has 1 aromatic carbocycles. The van der Waals surface area contributed by atoms with Gasteiger partial charge in [-0.15, -0.1) is 0 Å². The van der Waals surface area contributed by atoms with Crippen molar-refractivity contribution in [1.29, 1.82) is 0 Å². The summed E-state index contributed by atoms with van der Waals surface area (Å²) in [5.41, 5.74) is 0. The second-order valence-corrected chi connectivity index (χ2v) is 3.83. The van der Waals surface area contributed by atoms with E-state index in [4.69, 9.17) is 4.74 Å². The first-order valence-corrected chi connectivity index (χ1v) is 4.80. The van der Waals surface area contributed by atoms with Crippen molar-refractivity contribution >= 4 is 12.2 Å². The Morgan fingerprint density at radius 1 is 0.923 bits per heavy atom. The van der Waals surface area contributed by atoms with Crippen molar-refractivity contribution in [3.05, 3.63) is 34.7 Å². The van der Waals surface area contributed by atoms with Crippen LogP contribution in [0.1, 0.15) is 0 Å². The van der Waals surface area contributed by atoms with Gasteiger partial charge in [0.25, 0.3) is 0 Å². The third-order valence-electron chi connectivity index (χ3n) is 2.95. The molecule has 0 spiro atoms. The number of hydrogen-bond acceptors (Lipinski definition) is 1. The standard InChI is InChI=1S/C12H12O/c1-2-4-10-6-12-8-13-7-11(12)5-9(10)3-1/h1-6,11-12H,7-8H2. The van der Waals surface area contributed by atoms with Crippen LogP contribution in [0.5, 0.6) is 0 Å². The highest BCUT2D eigenvalue weighted by atomic mass is 16.5. The van der Waals surface area contributed by atoms with E-state index in [1.807, 2.05) is 0 Å². The van der Waals surface area contributed by atoms with Gasteiger partial charge in [0.05, 0.1) is 13.2 Å². The second-order valence-electron chi connectivity index (χ2n) is 3.83. The maximum Gasteiger partial charge on any atom is 0.0535 e. The van der Waals surface area contributed by atoms with Crippen LogP contribution in [0.2, 0.25) is 0 Å². The van der Waals surface area contributed by atoms with E-state index in [1.165, 1.54) is 10.4 Å². The van der Waals surface area contributed by atoms with Crippen molar-refractivity contribution in [3.63, 3.8) is 0 Å². The third kappa shape index (κ3) is 1.11. The Hall–Kier alpha value is -1.08. The summed E-state index contributed by atoms with van der Waals surface area (Å²) >= 11 is 0. The third-order valence-corrected chi connectivity index (χ3v) is 2.95. The van der Waals surface area contributed by atoms with E-state index in [2.05, 4.69) is 36.4 Å². The molecule has 0 saturated carbocycles. The normalized spacial score (nSPS) is 29.8. The van der Waals surface area contributed by atoms with Crippen LogP contribution in [0.3, 0.4) is 0 Å². The SMILES string of the molecule is C1=c2ccccc2=CC2COCC12. The van der Waals surface area contributed by atoms with Crippen molar-refractivity contribution in [2.45, 2.75) is 0 Å². The van der Waals surface area contributed by atoms with Gasteiger partial charge in [-0.1, -0.05) is 36.4 Å². The predicted molar refractivity (Wildman–Crippen MR) is 52.4 cm³/mol. The number of hydrogen-bond donors (Lipinski definition) is 0. The van der Waals surface area contributed by atoms with Gasteiger partial charge in [-0.05, 0) is 10.4 Å².